The molecule has 144 valence electrons. The second-order valence-electron chi connectivity index (χ2n) is 7.05. The Morgan fingerprint density at radius 3 is 2.36 bits per heavy atom. The zero-order chi connectivity index (χ0) is 19.5. The van der Waals surface area contributed by atoms with Crippen LogP contribution in [-0.2, 0) is 4.79 Å². The first-order valence-corrected chi connectivity index (χ1v) is 10.4. The molecular weight excluding hydrogens is 370 g/mol. The molecule has 0 unspecified atom stereocenters. The van der Waals surface area contributed by atoms with Crippen molar-refractivity contribution in [3.63, 3.8) is 0 Å². The van der Waals surface area contributed by atoms with Crippen LogP contribution < -0.4 is 0 Å². The number of rotatable bonds is 5. The van der Waals surface area contributed by atoms with Crippen molar-refractivity contribution >= 4 is 17.7 Å². The van der Waals surface area contributed by atoms with Crippen molar-refractivity contribution in [3.8, 4) is 5.69 Å². The number of likely N-dealkylation sites (tertiary alicyclic amines) is 1. The molecular formula is C21H23N5OS. The first kappa shape index (κ1) is 18.7. The number of tetrazole rings is 1. The smallest absolute Gasteiger partial charge is 0.240 e. The minimum atomic E-state index is -0.367. The number of thioether (sulfide) groups is 1. The number of carbonyl (C=O) groups is 1. The lowest BCUT2D eigenvalue weighted by atomic mass is 10.1. The Hall–Kier alpha value is -2.67. The standard InChI is InChI=1S/C21H23N5OS/c1-15-9-8-10-16(2)18(15)26-21(22-23-24-26)28-19(17-11-4-3-5-12-17)20(27)25-13-6-7-14-25/h3-5,8-12,19H,6-7,13-14H2,1-2H3/t19-/m0/s1. The molecule has 0 N–H and O–H groups in total. The fourth-order valence-electron chi connectivity index (χ4n) is 3.63. The van der Waals surface area contributed by atoms with E-state index in [4.69, 9.17) is 0 Å². The number of hydrogen-bond acceptors (Lipinski definition) is 5. The summed E-state index contributed by atoms with van der Waals surface area (Å²) in [5.74, 6) is 0.129. The zero-order valence-corrected chi connectivity index (χ0v) is 16.9. The van der Waals surface area contributed by atoms with Gasteiger partial charge in [-0.2, -0.15) is 4.68 Å². The highest BCUT2D eigenvalue weighted by molar-refractivity contribution is 8.00. The number of para-hydroxylation sites is 1. The van der Waals surface area contributed by atoms with E-state index in [9.17, 15) is 4.79 Å². The van der Waals surface area contributed by atoms with Crippen LogP contribution in [0.4, 0.5) is 0 Å². The number of aryl methyl sites for hydroxylation is 2. The number of aromatic nitrogens is 4. The summed E-state index contributed by atoms with van der Waals surface area (Å²) >= 11 is 1.42. The van der Waals surface area contributed by atoms with Crippen LogP contribution in [0.3, 0.4) is 0 Å². The van der Waals surface area contributed by atoms with Gasteiger partial charge in [-0.1, -0.05) is 60.3 Å². The first-order chi connectivity index (χ1) is 13.6. The Morgan fingerprint density at radius 2 is 1.68 bits per heavy atom. The summed E-state index contributed by atoms with van der Waals surface area (Å²) in [4.78, 5) is 15.2. The number of benzene rings is 2. The highest BCUT2D eigenvalue weighted by atomic mass is 32.2. The van der Waals surface area contributed by atoms with E-state index in [-0.39, 0.29) is 11.2 Å². The Bertz CT molecular complexity index is 946. The lowest BCUT2D eigenvalue weighted by Gasteiger charge is -2.23. The Morgan fingerprint density at radius 1 is 1.00 bits per heavy atom. The molecule has 1 aromatic heterocycles. The minimum absolute atomic E-state index is 0.129. The largest absolute Gasteiger partial charge is 0.341 e. The molecule has 3 aromatic rings. The summed E-state index contributed by atoms with van der Waals surface area (Å²) in [5, 5.41) is 12.6. The highest BCUT2D eigenvalue weighted by Crippen LogP contribution is 2.37. The molecule has 1 fully saturated rings. The Kier molecular flexibility index (Phi) is 5.43. The van der Waals surface area contributed by atoms with E-state index in [0.29, 0.717) is 5.16 Å². The number of carbonyl (C=O) groups excluding carboxylic acids is 1. The number of hydrogen-bond donors (Lipinski definition) is 0. The second-order valence-corrected chi connectivity index (χ2v) is 8.13. The molecule has 2 aromatic carbocycles. The van der Waals surface area contributed by atoms with Gasteiger partial charge < -0.3 is 4.90 Å². The lowest BCUT2D eigenvalue weighted by molar-refractivity contribution is -0.129. The van der Waals surface area contributed by atoms with Gasteiger partial charge in [0.15, 0.2) is 0 Å². The number of amides is 1. The summed E-state index contributed by atoms with van der Waals surface area (Å²) in [5.41, 5.74) is 4.13. The molecule has 6 nitrogen and oxygen atoms in total. The molecule has 0 radical (unpaired) electrons. The van der Waals surface area contributed by atoms with E-state index in [1.807, 2.05) is 67.3 Å². The van der Waals surface area contributed by atoms with E-state index in [1.54, 1.807) is 4.68 Å². The maximum absolute atomic E-state index is 13.3. The van der Waals surface area contributed by atoms with Crippen molar-refractivity contribution in [1.82, 2.24) is 25.1 Å². The van der Waals surface area contributed by atoms with Gasteiger partial charge in [0, 0.05) is 13.1 Å². The summed E-state index contributed by atoms with van der Waals surface area (Å²) in [7, 11) is 0. The predicted octanol–water partition coefficient (Wildman–Crippen LogP) is 3.73. The van der Waals surface area contributed by atoms with Crippen molar-refractivity contribution in [2.45, 2.75) is 37.1 Å². The van der Waals surface area contributed by atoms with E-state index in [0.717, 1.165) is 48.3 Å². The lowest BCUT2D eigenvalue weighted by Crippen LogP contribution is -2.31. The molecule has 0 bridgehead atoms. The van der Waals surface area contributed by atoms with E-state index >= 15 is 0 Å². The average Bonchev–Trinajstić information content (AvgIpc) is 3.39. The normalized spacial score (nSPS) is 15.0. The van der Waals surface area contributed by atoms with Crippen LogP contribution in [0.25, 0.3) is 5.69 Å². The highest BCUT2D eigenvalue weighted by Gasteiger charge is 2.30. The van der Waals surface area contributed by atoms with Gasteiger partial charge >= 0.3 is 0 Å². The predicted molar refractivity (Wildman–Crippen MR) is 109 cm³/mol. The molecule has 0 aliphatic carbocycles. The molecule has 4 rings (SSSR count). The van der Waals surface area contributed by atoms with Gasteiger partial charge in [-0.3, -0.25) is 4.79 Å². The first-order valence-electron chi connectivity index (χ1n) is 9.50. The van der Waals surface area contributed by atoms with E-state index in [1.165, 1.54) is 11.8 Å². The Balaban J connectivity index is 1.71. The van der Waals surface area contributed by atoms with Crippen molar-refractivity contribution in [2.24, 2.45) is 0 Å². The van der Waals surface area contributed by atoms with Crippen molar-refractivity contribution < 1.29 is 4.79 Å². The van der Waals surface area contributed by atoms with Crippen molar-refractivity contribution in [3.05, 3.63) is 65.2 Å². The van der Waals surface area contributed by atoms with Crippen LogP contribution in [0.15, 0.2) is 53.7 Å². The van der Waals surface area contributed by atoms with Crippen LogP contribution in [0, 0.1) is 13.8 Å². The monoisotopic (exact) mass is 393 g/mol. The SMILES string of the molecule is Cc1cccc(C)c1-n1nnnc1S[C@H](C(=O)N1CCCC1)c1ccccc1. The fourth-order valence-corrected chi connectivity index (χ4v) is 4.70. The third kappa shape index (κ3) is 3.67. The van der Waals surface area contributed by atoms with Gasteiger partial charge in [0.2, 0.25) is 11.1 Å². The molecule has 2 heterocycles. The molecule has 0 spiro atoms. The van der Waals surface area contributed by atoms with Gasteiger partial charge in [-0.25, -0.2) is 0 Å². The summed E-state index contributed by atoms with van der Waals surface area (Å²) in [6.07, 6.45) is 2.14. The third-order valence-electron chi connectivity index (χ3n) is 5.06. The molecule has 1 aliphatic heterocycles. The van der Waals surface area contributed by atoms with Gasteiger partial charge in [0.25, 0.3) is 0 Å². The maximum atomic E-state index is 13.3. The second kappa shape index (κ2) is 8.14. The van der Waals surface area contributed by atoms with E-state index < -0.39 is 0 Å². The number of nitrogens with zero attached hydrogens (tertiary/aromatic N) is 5. The molecule has 7 heteroatoms. The molecule has 1 aliphatic rings. The van der Waals surface area contributed by atoms with Crippen LogP contribution in [0.1, 0.15) is 34.8 Å². The van der Waals surface area contributed by atoms with Crippen LogP contribution >= 0.6 is 11.8 Å². The molecule has 1 atom stereocenters. The van der Waals surface area contributed by atoms with Gasteiger partial charge in [-0.15, -0.1) is 5.10 Å². The Labute approximate surface area is 168 Å². The van der Waals surface area contributed by atoms with Crippen LogP contribution in [-0.4, -0.2) is 44.1 Å². The fraction of sp³-hybridized carbons (Fsp3) is 0.333. The van der Waals surface area contributed by atoms with Crippen LogP contribution in [0.5, 0.6) is 0 Å². The van der Waals surface area contributed by atoms with Gasteiger partial charge in [0.1, 0.15) is 5.25 Å². The zero-order valence-electron chi connectivity index (χ0n) is 16.1. The average molecular weight is 394 g/mol. The van der Waals surface area contributed by atoms with Gasteiger partial charge in [0.05, 0.1) is 5.69 Å². The molecule has 28 heavy (non-hydrogen) atoms. The minimum Gasteiger partial charge on any atom is -0.341 e. The summed E-state index contributed by atoms with van der Waals surface area (Å²) < 4.78 is 1.75. The molecule has 1 saturated heterocycles. The van der Waals surface area contributed by atoms with Crippen molar-refractivity contribution in [2.75, 3.05) is 13.1 Å². The maximum Gasteiger partial charge on any atom is 0.240 e. The van der Waals surface area contributed by atoms with Gasteiger partial charge in [-0.05, 0) is 53.8 Å². The summed E-state index contributed by atoms with van der Waals surface area (Å²) in [6, 6.07) is 16.0. The van der Waals surface area contributed by atoms with Crippen molar-refractivity contribution in [1.29, 1.82) is 0 Å². The topological polar surface area (TPSA) is 63.9 Å². The molecule has 1 amide bonds. The quantitative estimate of drug-likeness (QED) is 0.618. The van der Waals surface area contributed by atoms with Crippen LogP contribution in [0.2, 0.25) is 0 Å². The molecule has 0 saturated carbocycles. The van der Waals surface area contributed by atoms with E-state index in [2.05, 4.69) is 15.5 Å². The third-order valence-corrected chi connectivity index (χ3v) is 6.23. The summed E-state index contributed by atoms with van der Waals surface area (Å²) in [6.45, 7) is 5.74.